The lowest BCUT2D eigenvalue weighted by molar-refractivity contribution is -0.126. The standard InChI is InChI=1S/C27H36ClN3O3/c1-18(2)34-26-16-29-14-23(26)25(32)13-21-12-22(24(28)15-30-21)19-5-4-6-20(11-19)31-17-27(3)7-9-33-10-8-27/h4-6,11-12,15,18,23,26,29,31H,7-10,13-14,16-17H2,1-3H3/t23-,26+/m1/s1. The predicted octanol–water partition coefficient (Wildman–Crippen LogP) is 4.76. The Kier molecular flexibility index (Phi) is 8.25. The fraction of sp³-hybridized carbons (Fsp3) is 0.556. The quantitative estimate of drug-likeness (QED) is 0.533. The lowest BCUT2D eigenvalue weighted by Gasteiger charge is -2.34. The first-order valence-corrected chi connectivity index (χ1v) is 12.7. The Morgan fingerprint density at radius 3 is 2.85 bits per heavy atom. The van der Waals surface area contributed by atoms with Gasteiger partial charge in [-0.1, -0.05) is 30.7 Å². The van der Waals surface area contributed by atoms with E-state index in [2.05, 4.69) is 34.7 Å². The molecule has 2 fully saturated rings. The summed E-state index contributed by atoms with van der Waals surface area (Å²) in [5.74, 6) is -0.000969. The molecule has 6 nitrogen and oxygen atoms in total. The highest BCUT2D eigenvalue weighted by molar-refractivity contribution is 6.33. The number of aromatic nitrogens is 1. The first-order chi connectivity index (χ1) is 16.3. The Labute approximate surface area is 207 Å². The molecular weight excluding hydrogens is 450 g/mol. The van der Waals surface area contributed by atoms with Crippen molar-refractivity contribution in [2.24, 2.45) is 11.3 Å². The molecular formula is C27H36ClN3O3. The number of halogens is 1. The molecule has 2 atom stereocenters. The summed E-state index contributed by atoms with van der Waals surface area (Å²) in [6.45, 7) is 10.2. The van der Waals surface area contributed by atoms with E-state index >= 15 is 0 Å². The number of ketones is 1. The van der Waals surface area contributed by atoms with Crippen LogP contribution in [-0.2, 0) is 20.7 Å². The number of anilines is 1. The minimum atomic E-state index is -0.151. The van der Waals surface area contributed by atoms with Crippen molar-refractivity contribution in [3.8, 4) is 11.1 Å². The maximum Gasteiger partial charge on any atom is 0.145 e. The zero-order chi connectivity index (χ0) is 24.1. The van der Waals surface area contributed by atoms with E-state index < -0.39 is 0 Å². The van der Waals surface area contributed by atoms with E-state index in [9.17, 15) is 4.79 Å². The van der Waals surface area contributed by atoms with Crippen molar-refractivity contribution in [2.45, 2.75) is 52.2 Å². The predicted molar refractivity (Wildman–Crippen MR) is 136 cm³/mol. The normalized spacial score (nSPS) is 22.1. The van der Waals surface area contributed by atoms with Gasteiger partial charge in [0.15, 0.2) is 0 Å². The molecule has 34 heavy (non-hydrogen) atoms. The topological polar surface area (TPSA) is 72.5 Å². The number of hydrogen-bond acceptors (Lipinski definition) is 6. The highest BCUT2D eigenvalue weighted by atomic mass is 35.5. The van der Waals surface area contributed by atoms with E-state index in [1.54, 1.807) is 6.20 Å². The van der Waals surface area contributed by atoms with Gasteiger partial charge in [-0.15, -0.1) is 0 Å². The third-order valence-corrected chi connectivity index (χ3v) is 7.18. The van der Waals surface area contributed by atoms with Gasteiger partial charge in [0.1, 0.15) is 5.78 Å². The van der Waals surface area contributed by atoms with Gasteiger partial charge in [0.25, 0.3) is 0 Å². The summed E-state index contributed by atoms with van der Waals surface area (Å²) in [5.41, 5.74) is 3.92. The fourth-order valence-corrected chi connectivity index (χ4v) is 4.94. The lowest BCUT2D eigenvalue weighted by Crippen LogP contribution is -2.33. The van der Waals surface area contributed by atoms with Crippen LogP contribution in [0.3, 0.4) is 0 Å². The monoisotopic (exact) mass is 485 g/mol. The summed E-state index contributed by atoms with van der Waals surface area (Å²) in [7, 11) is 0. The van der Waals surface area contributed by atoms with Crippen molar-refractivity contribution in [3.05, 3.63) is 47.2 Å². The van der Waals surface area contributed by atoms with Crippen molar-refractivity contribution in [1.82, 2.24) is 10.3 Å². The van der Waals surface area contributed by atoms with E-state index in [0.29, 0.717) is 18.1 Å². The van der Waals surface area contributed by atoms with Gasteiger partial charge in [-0.05, 0) is 55.9 Å². The zero-order valence-electron chi connectivity index (χ0n) is 20.4. The lowest BCUT2D eigenvalue weighted by atomic mass is 9.82. The molecule has 7 heteroatoms. The van der Waals surface area contributed by atoms with E-state index in [1.165, 1.54) is 0 Å². The van der Waals surface area contributed by atoms with E-state index in [0.717, 1.165) is 55.1 Å². The average Bonchev–Trinajstić information content (AvgIpc) is 3.27. The van der Waals surface area contributed by atoms with Crippen LogP contribution in [-0.4, -0.2) is 55.8 Å². The smallest absolute Gasteiger partial charge is 0.145 e. The van der Waals surface area contributed by atoms with E-state index in [-0.39, 0.29) is 35.7 Å². The SMILES string of the molecule is CC(C)O[C@H]1CNC[C@@H]1C(=O)Cc1cc(-c2cccc(NCC3(C)CCOCC3)c2)c(Cl)cn1. The number of carbonyl (C=O) groups is 1. The largest absolute Gasteiger partial charge is 0.384 e. The second-order valence-electron chi connectivity index (χ2n) is 10.1. The van der Waals surface area contributed by atoms with Crippen molar-refractivity contribution in [3.63, 3.8) is 0 Å². The zero-order valence-corrected chi connectivity index (χ0v) is 21.2. The Balaban J connectivity index is 1.45. The van der Waals surface area contributed by atoms with Crippen LogP contribution in [0.1, 0.15) is 39.3 Å². The number of carbonyl (C=O) groups excluding carboxylic acids is 1. The number of Topliss-reactive ketones (excluding diaryl/α,β-unsaturated/α-hetero) is 1. The van der Waals surface area contributed by atoms with Gasteiger partial charge in [0.05, 0.1) is 23.1 Å². The number of ether oxygens (including phenoxy) is 2. The number of hydrogen-bond donors (Lipinski definition) is 2. The summed E-state index contributed by atoms with van der Waals surface area (Å²) >= 11 is 6.54. The van der Waals surface area contributed by atoms with Crippen molar-refractivity contribution in [2.75, 3.05) is 38.2 Å². The molecule has 2 aliphatic heterocycles. The number of nitrogens with one attached hydrogen (secondary N) is 2. The van der Waals surface area contributed by atoms with Crippen LogP contribution in [0.5, 0.6) is 0 Å². The van der Waals surface area contributed by atoms with Gasteiger partial charge >= 0.3 is 0 Å². The maximum absolute atomic E-state index is 13.0. The molecule has 0 bridgehead atoms. The summed E-state index contributed by atoms with van der Waals surface area (Å²) < 4.78 is 11.5. The van der Waals surface area contributed by atoms with Crippen LogP contribution in [0.15, 0.2) is 36.5 Å². The molecule has 1 aromatic heterocycles. The van der Waals surface area contributed by atoms with E-state index in [1.807, 2.05) is 32.0 Å². The first kappa shape index (κ1) is 25.1. The Bertz CT molecular complexity index is 991. The highest BCUT2D eigenvalue weighted by Crippen LogP contribution is 2.33. The molecule has 4 rings (SSSR count). The summed E-state index contributed by atoms with van der Waals surface area (Å²) in [4.78, 5) is 17.5. The van der Waals surface area contributed by atoms with Gasteiger partial charge in [-0.25, -0.2) is 0 Å². The summed E-state index contributed by atoms with van der Waals surface area (Å²) in [5, 5.41) is 7.46. The second-order valence-corrected chi connectivity index (χ2v) is 10.6. The second kappa shape index (κ2) is 11.2. The minimum absolute atomic E-state index is 0.0837. The molecule has 3 heterocycles. The number of benzene rings is 1. The van der Waals surface area contributed by atoms with Crippen molar-refractivity contribution >= 4 is 23.1 Å². The van der Waals surface area contributed by atoms with Gasteiger partial charge in [-0.3, -0.25) is 9.78 Å². The molecule has 0 amide bonds. The molecule has 1 aromatic carbocycles. The molecule has 2 aliphatic rings. The molecule has 2 aromatic rings. The molecule has 0 aliphatic carbocycles. The van der Waals surface area contributed by atoms with Gasteiger partial charge in [0, 0.05) is 62.4 Å². The van der Waals surface area contributed by atoms with Crippen LogP contribution in [0, 0.1) is 11.3 Å². The summed E-state index contributed by atoms with van der Waals surface area (Å²) in [6.07, 6.45) is 4.06. The number of nitrogens with zero attached hydrogens (tertiary/aromatic N) is 1. The first-order valence-electron chi connectivity index (χ1n) is 12.3. The van der Waals surface area contributed by atoms with Gasteiger partial charge < -0.3 is 20.1 Å². The van der Waals surface area contributed by atoms with Crippen LogP contribution >= 0.6 is 11.6 Å². The molecule has 2 N–H and O–H groups in total. The Morgan fingerprint density at radius 2 is 2.09 bits per heavy atom. The minimum Gasteiger partial charge on any atom is -0.384 e. The molecule has 0 unspecified atom stereocenters. The van der Waals surface area contributed by atoms with Crippen molar-refractivity contribution < 1.29 is 14.3 Å². The van der Waals surface area contributed by atoms with Crippen LogP contribution in [0.25, 0.3) is 11.1 Å². The van der Waals surface area contributed by atoms with Crippen LogP contribution in [0.4, 0.5) is 5.69 Å². The highest BCUT2D eigenvalue weighted by Gasteiger charge is 2.34. The third-order valence-electron chi connectivity index (χ3n) is 6.88. The molecule has 184 valence electrons. The summed E-state index contributed by atoms with van der Waals surface area (Å²) in [6, 6.07) is 10.2. The molecule has 0 saturated carbocycles. The number of rotatable bonds is 9. The maximum atomic E-state index is 13.0. The number of pyridine rings is 1. The van der Waals surface area contributed by atoms with Gasteiger partial charge in [0.2, 0.25) is 0 Å². The van der Waals surface area contributed by atoms with Crippen LogP contribution in [0.2, 0.25) is 5.02 Å². The van der Waals surface area contributed by atoms with E-state index in [4.69, 9.17) is 21.1 Å². The van der Waals surface area contributed by atoms with Crippen LogP contribution < -0.4 is 10.6 Å². The average molecular weight is 486 g/mol. The molecule has 0 radical (unpaired) electrons. The molecule has 2 saturated heterocycles. The Hall–Kier alpha value is -1.99. The molecule has 0 spiro atoms. The fourth-order valence-electron chi connectivity index (χ4n) is 4.73. The van der Waals surface area contributed by atoms with Gasteiger partial charge in [-0.2, -0.15) is 0 Å². The Morgan fingerprint density at radius 1 is 1.29 bits per heavy atom. The van der Waals surface area contributed by atoms with Crippen molar-refractivity contribution in [1.29, 1.82) is 0 Å². The third kappa shape index (κ3) is 6.36.